The van der Waals surface area contributed by atoms with E-state index in [4.69, 9.17) is 11.6 Å². The van der Waals surface area contributed by atoms with Gasteiger partial charge in [0, 0.05) is 17.3 Å². The van der Waals surface area contributed by atoms with E-state index in [2.05, 4.69) is 29.6 Å². The first-order valence-corrected chi connectivity index (χ1v) is 7.21. The van der Waals surface area contributed by atoms with Gasteiger partial charge in [0.25, 0.3) is 0 Å². The average Bonchev–Trinajstić information content (AvgIpc) is 2.88. The zero-order valence-corrected chi connectivity index (χ0v) is 11.9. The Bertz CT molecular complexity index is 604. The Morgan fingerprint density at radius 1 is 1.11 bits per heavy atom. The van der Waals surface area contributed by atoms with E-state index in [-0.39, 0.29) is 0 Å². The Kier molecular flexibility index (Phi) is 3.48. The summed E-state index contributed by atoms with van der Waals surface area (Å²) in [6, 6.07) is 12.9. The number of aryl methyl sites for hydroxylation is 2. The van der Waals surface area contributed by atoms with E-state index in [1.54, 1.807) is 0 Å². The van der Waals surface area contributed by atoms with Crippen molar-refractivity contribution in [2.45, 2.75) is 32.7 Å². The summed E-state index contributed by atoms with van der Waals surface area (Å²) >= 11 is 6.13. The van der Waals surface area contributed by atoms with Gasteiger partial charge in [0.1, 0.15) is 0 Å². The molecule has 98 valence electrons. The number of hydrogen-bond donors (Lipinski definition) is 1. The van der Waals surface area contributed by atoms with Crippen LogP contribution in [0.4, 0.5) is 5.69 Å². The lowest BCUT2D eigenvalue weighted by Gasteiger charge is -2.11. The van der Waals surface area contributed by atoms with E-state index >= 15 is 0 Å². The summed E-state index contributed by atoms with van der Waals surface area (Å²) < 4.78 is 0. The van der Waals surface area contributed by atoms with Crippen LogP contribution in [0, 0.1) is 6.92 Å². The van der Waals surface area contributed by atoms with Crippen molar-refractivity contribution in [3.8, 4) is 0 Å². The fourth-order valence-corrected chi connectivity index (χ4v) is 2.91. The zero-order valence-electron chi connectivity index (χ0n) is 11.2. The fraction of sp³-hybridized carbons (Fsp3) is 0.294. The summed E-state index contributed by atoms with van der Waals surface area (Å²) in [7, 11) is 0. The molecule has 0 aromatic heterocycles. The molecule has 0 amide bonds. The van der Waals surface area contributed by atoms with E-state index < -0.39 is 0 Å². The van der Waals surface area contributed by atoms with Crippen molar-refractivity contribution in [1.29, 1.82) is 0 Å². The lowest BCUT2D eigenvalue weighted by Crippen LogP contribution is -2.02. The molecule has 0 bridgehead atoms. The molecule has 19 heavy (non-hydrogen) atoms. The number of nitrogens with one attached hydrogen (secondary N) is 1. The molecule has 0 saturated carbocycles. The van der Waals surface area contributed by atoms with Gasteiger partial charge in [-0.1, -0.05) is 35.9 Å². The maximum absolute atomic E-state index is 6.13. The van der Waals surface area contributed by atoms with Gasteiger partial charge < -0.3 is 5.32 Å². The van der Waals surface area contributed by atoms with Gasteiger partial charge in [0.05, 0.1) is 0 Å². The highest BCUT2D eigenvalue weighted by Gasteiger charge is 2.10. The van der Waals surface area contributed by atoms with Crippen LogP contribution in [0.5, 0.6) is 0 Å². The number of fused-ring (bicyclic) bond motifs is 1. The third kappa shape index (κ3) is 2.62. The predicted molar refractivity (Wildman–Crippen MR) is 82.0 cm³/mol. The monoisotopic (exact) mass is 271 g/mol. The number of anilines is 1. The second kappa shape index (κ2) is 5.26. The van der Waals surface area contributed by atoms with Gasteiger partial charge in [-0.05, 0) is 60.6 Å². The van der Waals surface area contributed by atoms with Crippen molar-refractivity contribution in [3.05, 3.63) is 63.7 Å². The van der Waals surface area contributed by atoms with Crippen molar-refractivity contribution in [3.63, 3.8) is 0 Å². The normalized spacial score (nSPS) is 13.4. The van der Waals surface area contributed by atoms with E-state index in [9.17, 15) is 0 Å². The minimum Gasteiger partial charge on any atom is -0.381 e. The second-order valence-electron chi connectivity index (χ2n) is 5.22. The number of hydrogen-bond acceptors (Lipinski definition) is 1. The standard InChI is InChI=1S/C17H18ClN/c1-12-16(18)6-3-7-17(12)19-11-13-8-9-14-4-2-5-15(14)10-13/h3,6-10,19H,2,4-5,11H2,1H3. The van der Waals surface area contributed by atoms with Crippen molar-refractivity contribution in [2.24, 2.45) is 0 Å². The Labute approximate surface area is 119 Å². The average molecular weight is 272 g/mol. The quantitative estimate of drug-likeness (QED) is 0.849. The first-order valence-electron chi connectivity index (χ1n) is 6.84. The molecular formula is C17H18ClN. The smallest absolute Gasteiger partial charge is 0.0455 e. The molecule has 0 heterocycles. The maximum atomic E-state index is 6.13. The van der Waals surface area contributed by atoms with Crippen molar-refractivity contribution >= 4 is 17.3 Å². The minimum absolute atomic E-state index is 0.818. The molecule has 0 aliphatic heterocycles. The van der Waals surface area contributed by atoms with Crippen LogP contribution < -0.4 is 5.32 Å². The van der Waals surface area contributed by atoms with Gasteiger partial charge >= 0.3 is 0 Å². The molecular weight excluding hydrogens is 254 g/mol. The third-order valence-corrected chi connectivity index (χ3v) is 4.32. The molecule has 1 N–H and O–H groups in total. The molecule has 3 rings (SSSR count). The summed E-state index contributed by atoms with van der Waals surface area (Å²) in [6.45, 7) is 2.90. The molecule has 1 aliphatic carbocycles. The number of rotatable bonds is 3. The molecule has 1 aliphatic rings. The van der Waals surface area contributed by atoms with Crippen LogP contribution in [0.15, 0.2) is 36.4 Å². The van der Waals surface area contributed by atoms with E-state index in [1.165, 1.54) is 36.0 Å². The van der Waals surface area contributed by atoms with Crippen LogP contribution in [0.2, 0.25) is 5.02 Å². The Morgan fingerprint density at radius 3 is 2.84 bits per heavy atom. The Balaban J connectivity index is 1.74. The molecule has 0 fully saturated rings. The van der Waals surface area contributed by atoms with Crippen LogP contribution >= 0.6 is 11.6 Å². The molecule has 2 aromatic carbocycles. The lowest BCUT2D eigenvalue weighted by atomic mass is 10.1. The lowest BCUT2D eigenvalue weighted by molar-refractivity contribution is 0.911. The fourth-order valence-electron chi connectivity index (χ4n) is 2.73. The molecule has 0 atom stereocenters. The van der Waals surface area contributed by atoms with Gasteiger partial charge in [-0.2, -0.15) is 0 Å². The highest BCUT2D eigenvalue weighted by Crippen LogP contribution is 2.25. The van der Waals surface area contributed by atoms with Gasteiger partial charge in [-0.15, -0.1) is 0 Å². The van der Waals surface area contributed by atoms with Gasteiger partial charge in [-0.25, -0.2) is 0 Å². The van der Waals surface area contributed by atoms with Crippen molar-refractivity contribution in [2.75, 3.05) is 5.32 Å². The molecule has 2 aromatic rings. The summed E-state index contributed by atoms with van der Waals surface area (Å²) in [4.78, 5) is 0. The van der Waals surface area contributed by atoms with Crippen LogP contribution in [0.25, 0.3) is 0 Å². The zero-order chi connectivity index (χ0) is 13.2. The third-order valence-electron chi connectivity index (χ3n) is 3.91. The highest BCUT2D eigenvalue weighted by atomic mass is 35.5. The molecule has 0 spiro atoms. The van der Waals surface area contributed by atoms with Crippen LogP contribution in [0.3, 0.4) is 0 Å². The van der Waals surface area contributed by atoms with Crippen LogP contribution in [0.1, 0.15) is 28.7 Å². The topological polar surface area (TPSA) is 12.0 Å². The van der Waals surface area contributed by atoms with E-state index in [1.807, 2.05) is 19.1 Å². The van der Waals surface area contributed by atoms with Crippen molar-refractivity contribution in [1.82, 2.24) is 0 Å². The number of benzene rings is 2. The van der Waals surface area contributed by atoms with Crippen LogP contribution in [-0.4, -0.2) is 0 Å². The molecule has 0 radical (unpaired) electrons. The first kappa shape index (κ1) is 12.6. The van der Waals surface area contributed by atoms with Gasteiger partial charge in [0.15, 0.2) is 0 Å². The van der Waals surface area contributed by atoms with Gasteiger partial charge in [0.2, 0.25) is 0 Å². The summed E-state index contributed by atoms with van der Waals surface area (Å²) in [6.07, 6.45) is 3.79. The van der Waals surface area contributed by atoms with Crippen molar-refractivity contribution < 1.29 is 0 Å². The van der Waals surface area contributed by atoms with E-state index in [0.29, 0.717) is 0 Å². The predicted octanol–water partition coefficient (Wildman–Crippen LogP) is 4.75. The maximum Gasteiger partial charge on any atom is 0.0455 e. The molecule has 0 unspecified atom stereocenters. The van der Waals surface area contributed by atoms with Crippen LogP contribution in [-0.2, 0) is 19.4 Å². The van der Waals surface area contributed by atoms with Gasteiger partial charge in [-0.3, -0.25) is 0 Å². The summed E-state index contributed by atoms with van der Waals surface area (Å²) in [5, 5.41) is 4.30. The summed E-state index contributed by atoms with van der Waals surface area (Å²) in [5.74, 6) is 0. The largest absolute Gasteiger partial charge is 0.381 e. The Morgan fingerprint density at radius 2 is 1.95 bits per heavy atom. The minimum atomic E-state index is 0.818. The molecule has 0 saturated heterocycles. The second-order valence-corrected chi connectivity index (χ2v) is 5.63. The molecule has 2 heteroatoms. The molecule has 1 nitrogen and oxygen atoms in total. The Hall–Kier alpha value is -1.47. The number of halogens is 1. The van der Waals surface area contributed by atoms with E-state index in [0.717, 1.165) is 22.8 Å². The SMILES string of the molecule is Cc1c(Cl)cccc1NCc1ccc2c(c1)CCC2. The highest BCUT2D eigenvalue weighted by molar-refractivity contribution is 6.31. The summed E-state index contributed by atoms with van der Waals surface area (Å²) in [5.41, 5.74) is 6.64. The first-order chi connectivity index (χ1) is 9.24.